The van der Waals surface area contributed by atoms with Gasteiger partial charge in [-0.2, -0.15) is 5.10 Å². The maximum atomic E-state index is 4.52. The van der Waals surface area contributed by atoms with Crippen LogP contribution in [-0.4, -0.2) is 16.3 Å². The second kappa shape index (κ2) is 5.36. The van der Waals surface area contributed by atoms with E-state index in [0.29, 0.717) is 0 Å². The van der Waals surface area contributed by atoms with Crippen LogP contribution in [-0.2, 0) is 7.05 Å². The largest absolute Gasteiger partial charge is 0.306 e. The molecule has 2 rings (SSSR count). The summed E-state index contributed by atoms with van der Waals surface area (Å²) in [5, 5.41) is 8.07. The Morgan fingerprint density at radius 3 is 2.39 bits per heavy atom. The van der Waals surface area contributed by atoms with E-state index < -0.39 is 0 Å². The average molecular weight is 243 g/mol. The Morgan fingerprint density at radius 1 is 1.22 bits per heavy atom. The molecular weight excluding hydrogens is 222 g/mol. The molecular formula is C15H21N3. The van der Waals surface area contributed by atoms with Crippen molar-refractivity contribution in [3.63, 3.8) is 0 Å². The highest BCUT2D eigenvalue weighted by Crippen LogP contribution is 2.27. The molecule has 18 heavy (non-hydrogen) atoms. The van der Waals surface area contributed by atoms with Gasteiger partial charge in [0, 0.05) is 18.3 Å². The lowest BCUT2D eigenvalue weighted by molar-refractivity contribution is 0.623. The molecule has 0 bridgehead atoms. The van der Waals surface area contributed by atoms with Gasteiger partial charge in [-0.15, -0.1) is 0 Å². The van der Waals surface area contributed by atoms with Crippen molar-refractivity contribution < 1.29 is 0 Å². The van der Waals surface area contributed by atoms with Crippen molar-refractivity contribution in [3.05, 3.63) is 52.8 Å². The number of aryl methyl sites for hydroxylation is 2. The SMILES string of the molecule is CCNC(c1ccccc1)c1c(C)nn(C)c1C. The summed E-state index contributed by atoms with van der Waals surface area (Å²) in [6.45, 7) is 7.28. The summed E-state index contributed by atoms with van der Waals surface area (Å²) in [5.74, 6) is 0. The van der Waals surface area contributed by atoms with E-state index in [1.54, 1.807) is 0 Å². The predicted octanol–water partition coefficient (Wildman–Crippen LogP) is 2.74. The minimum absolute atomic E-state index is 0.227. The molecule has 0 aliphatic carbocycles. The monoisotopic (exact) mass is 243 g/mol. The van der Waals surface area contributed by atoms with Gasteiger partial charge in [0.1, 0.15) is 0 Å². The number of hydrogen-bond donors (Lipinski definition) is 1. The zero-order chi connectivity index (χ0) is 13.1. The molecule has 0 saturated carbocycles. The average Bonchev–Trinajstić information content (AvgIpc) is 2.62. The van der Waals surface area contributed by atoms with Crippen LogP contribution in [0.3, 0.4) is 0 Å². The number of benzene rings is 1. The van der Waals surface area contributed by atoms with Crippen molar-refractivity contribution in [1.29, 1.82) is 0 Å². The second-order valence-electron chi connectivity index (χ2n) is 4.61. The second-order valence-corrected chi connectivity index (χ2v) is 4.61. The van der Waals surface area contributed by atoms with Crippen LogP contribution in [0.25, 0.3) is 0 Å². The smallest absolute Gasteiger partial charge is 0.0647 e. The third-order valence-electron chi connectivity index (χ3n) is 3.39. The Bertz CT molecular complexity index is 514. The number of rotatable bonds is 4. The molecule has 0 fully saturated rings. The normalized spacial score (nSPS) is 12.7. The zero-order valence-corrected chi connectivity index (χ0v) is 11.6. The summed E-state index contributed by atoms with van der Waals surface area (Å²) in [5.41, 5.74) is 4.91. The molecule has 0 radical (unpaired) electrons. The van der Waals surface area contributed by atoms with Crippen molar-refractivity contribution in [2.45, 2.75) is 26.8 Å². The quantitative estimate of drug-likeness (QED) is 0.895. The number of aromatic nitrogens is 2. The van der Waals surface area contributed by atoms with E-state index in [9.17, 15) is 0 Å². The molecule has 1 N–H and O–H groups in total. The fourth-order valence-corrected chi connectivity index (χ4v) is 2.44. The Balaban J connectivity index is 2.48. The van der Waals surface area contributed by atoms with Crippen LogP contribution in [0, 0.1) is 13.8 Å². The Kier molecular flexibility index (Phi) is 3.82. The Labute approximate surface area is 109 Å². The highest BCUT2D eigenvalue weighted by molar-refractivity contribution is 5.37. The van der Waals surface area contributed by atoms with Gasteiger partial charge in [0.25, 0.3) is 0 Å². The summed E-state index contributed by atoms with van der Waals surface area (Å²) in [7, 11) is 2.00. The zero-order valence-electron chi connectivity index (χ0n) is 11.6. The molecule has 0 saturated heterocycles. The minimum Gasteiger partial charge on any atom is -0.306 e. The molecule has 1 aromatic heterocycles. The van der Waals surface area contributed by atoms with Gasteiger partial charge in [-0.3, -0.25) is 4.68 Å². The van der Waals surface area contributed by atoms with Crippen LogP contribution in [0.15, 0.2) is 30.3 Å². The van der Waals surface area contributed by atoms with Gasteiger partial charge in [-0.25, -0.2) is 0 Å². The van der Waals surface area contributed by atoms with Gasteiger partial charge in [-0.05, 0) is 26.0 Å². The van der Waals surface area contributed by atoms with E-state index in [1.807, 2.05) is 11.7 Å². The maximum absolute atomic E-state index is 4.52. The Hall–Kier alpha value is -1.61. The molecule has 2 aromatic rings. The van der Waals surface area contributed by atoms with Gasteiger partial charge in [0.15, 0.2) is 0 Å². The van der Waals surface area contributed by atoms with Crippen LogP contribution >= 0.6 is 0 Å². The lowest BCUT2D eigenvalue weighted by Crippen LogP contribution is -2.23. The standard InChI is InChI=1S/C15H21N3/c1-5-16-15(13-9-7-6-8-10-13)14-11(2)17-18(4)12(14)3/h6-10,15-16H,5H2,1-4H3. The first kappa shape index (κ1) is 12.8. The van der Waals surface area contributed by atoms with Crippen molar-refractivity contribution in [2.24, 2.45) is 7.05 Å². The Morgan fingerprint density at radius 2 is 1.89 bits per heavy atom. The molecule has 3 heteroatoms. The molecule has 0 aliphatic heterocycles. The fraction of sp³-hybridized carbons (Fsp3) is 0.400. The van der Waals surface area contributed by atoms with Gasteiger partial charge >= 0.3 is 0 Å². The fourth-order valence-electron chi connectivity index (χ4n) is 2.44. The van der Waals surface area contributed by atoms with Crippen molar-refractivity contribution in [3.8, 4) is 0 Å². The maximum Gasteiger partial charge on any atom is 0.0647 e. The molecule has 1 atom stereocenters. The number of nitrogens with one attached hydrogen (secondary N) is 1. The van der Waals surface area contributed by atoms with Crippen LogP contribution in [0.1, 0.15) is 35.5 Å². The third kappa shape index (κ3) is 2.31. The summed E-state index contributed by atoms with van der Waals surface area (Å²) in [6, 6.07) is 10.8. The molecule has 96 valence electrons. The first-order valence-electron chi connectivity index (χ1n) is 6.43. The van der Waals surface area contributed by atoms with Gasteiger partial charge < -0.3 is 5.32 Å². The molecule has 0 amide bonds. The number of nitrogens with zero attached hydrogens (tertiary/aromatic N) is 2. The van der Waals surface area contributed by atoms with Crippen molar-refractivity contribution in [1.82, 2.24) is 15.1 Å². The number of hydrogen-bond acceptors (Lipinski definition) is 2. The van der Waals surface area contributed by atoms with Crippen molar-refractivity contribution in [2.75, 3.05) is 6.54 Å². The summed E-state index contributed by atoms with van der Waals surface area (Å²) in [6.07, 6.45) is 0. The molecule has 0 aliphatic rings. The summed E-state index contributed by atoms with van der Waals surface area (Å²) >= 11 is 0. The lowest BCUT2D eigenvalue weighted by Gasteiger charge is -2.19. The van der Waals surface area contributed by atoms with Gasteiger partial charge in [0.2, 0.25) is 0 Å². The van der Waals surface area contributed by atoms with E-state index >= 15 is 0 Å². The summed E-state index contributed by atoms with van der Waals surface area (Å²) < 4.78 is 1.96. The molecule has 1 aromatic carbocycles. The van der Waals surface area contributed by atoms with Crippen molar-refractivity contribution >= 4 is 0 Å². The third-order valence-corrected chi connectivity index (χ3v) is 3.39. The summed E-state index contributed by atoms with van der Waals surface area (Å²) in [4.78, 5) is 0. The lowest BCUT2D eigenvalue weighted by atomic mass is 9.97. The first-order chi connectivity index (χ1) is 8.65. The first-order valence-corrected chi connectivity index (χ1v) is 6.43. The van der Waals surface area contributed by atoms with E-state index in [1.165, 1.54) is 16.8 Å². The van der Waals surface area contributed by atoms with E-state index in [2.05, 4.69) is 61.5 Å². The van der Waals surface area contributed by atoms with E-state index in [-0.39, 0.29) is 6.04 Å². The van der Waals surface area contributed by atoms with Gasteiger partial charge in [0.05, 0.1) is 11.7 Å². The van der Waals surface area contributed by atoms with Crippen LogP contribution in [0.5, 0.6) is 0 Å². The van der Waals surface area contributed by atoms with E-state index in [4.69, 9.17) is 0 Å². The van der Waals surface area contributed by atoms with E-state index in [0.717, 1.165) is 12.2 Å². The minimum atomic E-state index is 0.227. The van der Waals surface area contributed by atoms with Crippen LogP contribution in [0.2, 0.25) is 0 Å². The highest BCUT2D eigenvalue weighted by Gasteiger charge is 2.20. The molecule has 0 spiro atoms. The molecule has 1 unspecified atom stereocenters. The predicted molar refractivity (Wildman–Crippen MR) is 74.6 cm³/mol. The van der Waals surface area contributed by atoms with Crippen LogP contribution < -0.4 is 5.32 Å². The molecule has 1 heterocycles. The van der Waals surface area contributed by atoms with Crippen LogP contribution in [0.4, 0.5) is 0 Å². The van der Waals surface area contributed by atoms with Gasteiger partial charge in [-0.1, -0.05) is 37.3 Å². The highest BCUT2D eigenvalue weighted by atomic mass is 15.3. The topological polar surface area (TPSA) is 29.9 Å². The molecule has 3 nitrogen and oxygen atoms in total.